The lowest BCUT2D eigenvalue weighted by atomic mass is 10.0. The van der Waals surface area contributed by atoms with Crippen molar-refractivity contribution in [2.24, 2.45) is 0 Å². The van der Waals surface area contributed by atoms with Crippen molar-refractivity contribution >= 4 is 17.5 Å². The number of likely N-dealkylation sites (N-methyl/N-ethyl adjacent to an activating group) is 2. The van der Waals surface area contributed by atoms with Gasteiger partial charge in [-0.05, 0) is 38.6 Å². The standard InChI is InChI=1S/C14H21N3O2/c1-14(2,16-4)13(19)17-11-7-5-10(6-8-11)9-12(18)15-3/h5-8,16H,9H2,1-4H3,(H,15,18)(H,17,19). The lowest BCUT2D eigenvalue weighted by Crippen LogP contribution is -2.47. The Morgan fingerprint density at radius 2 is 1.68 bits per heavy atom. The summed E-state index contributed by atoms with van der Waals surface area (Å²) in [5.41, 5.74) is 1.00. The van der Waals surface area contributed by atoms with Crippen molar-refractivity contribution in [1.82, 2.24) is 10.6 Å². The first-order valence-electron chi connectivity index (χ1n) is 6.19. The van der Waals surface area contributed by atoms with E-state index in [0.29, 0.717) is 12.1 Å². The van der Waals surface area contributed by atoms with Crippen molar-refractivity contribution < 1.29 is 9.59 Å². The lowest BCUT2D eigenvalue weighted by molar-refractivity contribution is -0.121. The number of hydrogen-bond acceptors (Lipinski definition) is 3. The molecule has 1 rings (SSSR count). The van der Waals surface area contributed by atoms with E-state index < -0.39 is 5.54 Å². The highest BCUT2D eigenvalue weighted by atomic mass is 16.2. The maximum atomic E-state index is 11.9. The van der Waals surface area contributed by atoms with Gasteiger partial charge >= 0.3 is 0 Å². The van der Waals surface area contributed by atoms with E-state index >= 15 is 0 Å². The molecule has 0 heterocycles. The van der Waals surface area contributed by atoms with Gasteiger partial charge in [0.25, 0.3) is 0 Å². The van der Waals surface area contributed by atoms with Crippen molar-refractivity contribution in [2.75, 3.05) is 19.4 Å². The summed E-state index contributed by atoms with van der Waals surface area (Å²) >= 11 is 0. The Bertz CT molecular complexity index is 452. The smallest absolute Gasteiger partial charge is 0.244 e. The largest absolute Gasteiger partial charge is 0.359 e. The number of amides is 2. The molecule has 104 valence electrons. The minimum absolute atomic E-state index is 0.0342. The predicted octanol–water partition coefficient (Wildman–Crippen LogP) is 0.912. The average Bonchev–Trinajstić information content (AvgIpc) is 2.40. The third-order valence-electron chi connectivity index (χ3n) is 3.05. The molecule has 0 spiro atoms. The van der Waals surface area contributed by atoms with Crippen LogP contribution < -0.4 is 16.0 Å². The van der Waals surface area contributed by atoms with E-state index in [2.05, 4.69) is 16.0 Å². The molecule has 0 saturated carbocycles. The summed E-state index contributed by atoms with van der Waals surface area (Å²) in [6, 6.07) is 7.25. The van der Waals surface area contributed by atoms with Gasteiger partial charge in [0.2, 0.25) is 11.8 Å². The fraction of sp³-hybridized carbons (Fsp3) is 0.429. The van der Waals surface area contributed by atoms with Crippen LogP contribution in [0.25, 0.3) is 0 Å². The zero-order valence-corrected chi connectivity index (χ0v) is 11.8. The Balaban J connectivity index is 2.67. The quantitative estimate of drug-likeness (QED) is 0.739. The summed E-state index contributed by atoms with van der Waals surface area (Å²) in [4.78, 5) is 23.2. The molecule has 2 amide bonds. The van der Waals surface area contributed by atoms with Gasteiger partial charge in [-0.2, -0.15) is 0 Å². The molecule has 5 nitrogen and oxygen atoms in total. The van der Waals surface area contributed by atoms with E-state index in [4.69, 9.17) is 0 Å². The van der Waals surface area contributed by atoms with Gasteiger partial charge in [0.05, 0.1) is 12.0 Å². The van der Waals surface area contributed by atoms with Crippen molar-refractivity contribution in [2.45, 2.75) is 25.8 Å². The monoisotopic (exact) mass is 263 g/mol. The van der Waals surface area contributed by atoms with Gasteiger partial charge in [0, 0.05) is 12.7 Å². The van der Waals surface area contributed by atoms with Crippen LogP contribution >= 0.6 is 0 Å². The third kappa shape index (κ3) is 4.37. The molecule has 0 radical (unpaired) electrons. The summed E-state index contributed by atoms with van der Waals surface area (Å²) in [6.07, 6.45) is 0.340. The molecule has 0 saturated heterocycles. The van der Waals surface area contributed by atoms with Gasteiger partial charge in [0.15, 0.2) is 0 Å². The molecule has 0 bridgehead atoms. The molecular formula is C14H21N3O2. The molecule has 1 aromatic rings. The molecule has 0 aromatic heterocycles. The average molecular weight is 263 g/mol. The van der Waals surface area contributed by atoms with E-state index in [1.807, 2.05) is 26.0 Å². The second-order valence-corrected chi connectivity index (χ2v) is 4.88. The molecular weight excluding hydrogens is 242 g/mol. The molecule has 19 heavy (non-hydrogen) atoms. The van der Waals surface area contributed by atoms with Gasteiger partial charge in [0.1, 0.15) is 0 Å². The van der Waals surface area contributed by atoms with Crippen molar-refractivity contribution in [3.05, 3.63) is 29.8 Å². The van der Waals surface area contributed by atoms with Crippen LogP contribution in [-0.2, 0) is 16.0 Å². The topological polar surface area (TPSA) is 70.2 Å². The first kappa shape index (κ1) is 15.2. The Morgan fingerprint density at radius 3 is 2.16 bits per heavy atom. The highest BCUT2D eigenvalue weighted by molar-refractivity contribution is 5.97. The third-order valence-corrected chi connectivity index (χ3v) is 3.05. The minimum atomic E-state index is -0.624. The molecule has 5 heteroatoms. The van der Waals surface area contributed by atoms with Crippen molar-refractivity contribution in [1.29, 1.82) is 0 Å². The van der Waals surface area contributed by atoms with Crippen LogP contribution in [0, 0.1) is 0 Å². The predicted molar refractivity (Wildman–Crippen MR) is 76.0 cm³/mol. The second kappa shape index (κ2) is 6.33. The van der Waals surface area contributed by atoms with Gasteiger partial charge in [-0.15, -0.1) is 0 Å². The summed E-state index contributed by atoms with van der Waals surface area (Å²) in [7, 11) is 3.35. The van der Waals surface area contributed by atoms with Crippen LogP contribution in [0.1, 0.15) is 19.4 Å². The minimum Gasteiger partial charge on any atom is -0.359 e. The van der Waals surface area contributed by atoms with Crippen LogP contribution in [0.2, 0.25) is 0 Å². The number of carbonyl (C=O) groups is 2. The number of benzene rings is 1. The normalized spacial score (nSPS) is 10.9. The summed E-state index contributed by atoms with van der Waals surface area (Å²) in [5.74, 6) is -0.137. The maximum absolute atomic E-state index is 11.9. The highest BCUT2D eigenvalue weighted by Crippen LogP contribution is 2.12. The fourth-order valence-electron chi connectivity index (χ4n) is 1.38. The summed E-state index contributed by atoms with van der Waals surface area (Å²) in [5, 5.41) is 8.34. The number of nitrogens with one attached hydrogen (secondary N) is 3. The zero-order valence-electron chi connectivity index (χ0n) is 11.8. The van der Waals surface area contributed by atoms with Crippen molar-refractivity contribution in [3.8, 4) is 0 Å². The van der Waals surface area contributed by atoms with Crippen LogP contribution in [0.3, 0.4) is 0 Å². The molecule has 0 unspecified atom stereocenters. The first-order valence-corrected chi connectivity index (χ1v) is 6.19. The number of hydrogen-bond donors (Lipinski definition) is 3. The summed E-state index contributed by atoms with van der Waals surface area (Å²) < 4.78 is 0. The summed E-state index contributed by atoms with van der Waals surface area (Å²) in [6.45, 7) is 3.62. The number of carbonyl (C=O) groups excluding carboxylic acids is 2. The Morgan fingerprint density at radius 1 is 1.11 bits per heavy atom. The first-order chi connectivity index (χ1) is 8.89. The SMILES string of the molecule is CNC(=O)Cc1ccc(NC(=O)C(C)(C)NC)cc1. The molecule has 0 aliphatic heterocycles. The van der Waals surface area contributed by atoms with E-state index in [1.165, 1.54) is 0 Å². The Hall–Kier alpha value is -1.88. The lowest BCUT2D eigenvalue weighted by Gasteiger charge is -2.22. The van der Waals surface area contributed by atoms with Crippen molar-refractivity contribution in [3.63, 3.8) is 0 Å². The van der Waals surface area contributed by atoms with Crippen LogP contribution in [0.15, 0.2) is 24.3 Å². The van der Waals surface area contributed by atoms with Gasteiger partial charge in [-0.1, -0.05) is 12.1 Å². The molecule has 0 atom stereocenters. The van der Waals surface area contributed by atoms with E-state index in [0.717, 1.165) is 5.56 Å². The van der Waals surface area contributed by atoms with Gasteiger partial charge in [-0.25, -0.2) is 0 Å². The van der Waals surface area contributed by atoms with Crippen LogP contribution in [0.5, 0.6) is 0 Å². The molecule has 0 aliphatic rings. The maximum Gasteiger partial charge on any atom is 0.244 e. The fourth-order valence-corrected chi connectivity index (χ4v) is 1.38. The molecule has 0 fully saturated rings. The van der Waals surface area contributed by atoms with Gasteiger partial charge < -0.3 is 16.0 Å². The molecule has 3 N–H and O–H groups in total. The van der Waals surface area contributed by atoms with E-state index in [9.17, 15) is 9.59 Å². The van der Waals surface area contributed by atoms with Gasteiger partial charge in [-0.3, -0.25) is 9.59 Å². The Kier molecular flexibility index (Phi) is 5.06. The Labute approximate surface area is 113 Å². The molecule has 0 aliphatic carbocycles. The van der Waals surface area contributed by atoms with Crippen LogP contribution in [-0.4, -0.2) is 31.4 Å². The number of anilines is 1. The second-order valence-electron chi connectivity index (χ2n) is 4.88. The van der Waals surface area contributed by atoms with Crippen LogP contribution in [0.4, 0.5) is 5.69 Å². The zero-order chi connectivity index (χ0) is 14.5. The van der Waals surface area contributed by atoms with E-state index in [-0.39, 0.29) is 11.8 Å². The number of rotatable bonds is 5. The van der Waals surface area contributed by atoms with E-state index in [1.54, 1.807) is 26.2 Å². The highest BCUT2D eigenvalue weighted by Gasteiger charge is 2.24. The molecule has 1 aromatic carbocycles.